The van der Waals surface area contributed by atoms with Crippen LogP contribution in [-0.2, 0) is 6.42 Å². The van der Waals surface area contributed by atoms with Gasteiger partial charge in [0.05, 0.1) is 12.0 Å². The summed E-state index contributed by atoms with van der Waals surface area (Å²) < 4.78 is 5.25. The Labute approximate surface area is 93.5 Å². The van der Waals surface area contributed by atoms with Gasteiger partial charge in [0, 0.05) is 0 Å². The molecule has 2 atom stereocenters. The zero-order valence-electron chi connectivity index (χ0n) is 9.05. The molecular formula is C12H13N3O. The minimum atomic E-state index is -0.173. The molecule has 1 heterocycles. The van der Waals surface area contributed by atoms with Gasteiger partial charge in [0.15, 0.2) is 5.82 Å². The second kappa shape index (κ2) is 3.42. The van der Waals surface area contributed by atoms with Gasteiger partial charge in [-0.3, -0.25) is 0 Å². The third-order valence-corrected chi connectivity index (χ3v) is 3.02. The zero-order chi connectivity index (χ0) is 11.1. The molecule has 1 aromatic heterocycles. The second-order valence-electron chi connectivity index (χ2n) is 4.24. The fourth-order valence-corrected chi connectivity index (χ4v) is 2.05. The molecule has 0 saturated heterocycles. The molecular weight excluding hydrogens is 202 g/mol. The molecule has 0 radical (unpaired) electrons. The van der Waals surface area contributed by atoms with E-state index in [1.54, 1.807) is 0 Å². The summed E-state index contributed by atoms with van der Waals surface area (Å²) >= 11 is 0. The van der Waals surface area contributed by atoms with Crippen LogP contribution in [0.25, 0.3) is 0 Å². The quantitative estimate of drug-likeness (QED) is 0.829. The minimum Gasteiger partial charge on any atom is -0.339 e. The molecule has 4 nitrogen and oxygen atoms in total. The van der Waals surface area contributed by atoms with Crippen LogP contribution >= 0.6 is 0 Å². The Morgan fingerprint density at radius 2 is 2.25 bits per heavy atom. The van der Waals surface area contributed by atoms with Crippen molar-refractivity contribution in [3.8, 4) is 0 Å². The molecule has 1 aliphatic rings. The third kappa shape index (κ3) is 1.34. The highest BCUT2D eigenvalue weighted by atomic mass is 16.5. The molecule has 3 rings (SSSR count). The van der Waals surface area contributed by atoms with Crippen LogP contribution < -0.4 is 5.73 Å². The van der Waals surface area contributed by atoms with E-state index in [2.05, 4.69) is 28.3 Å². The summed E-state index contributed by atoms with van der Waals surface area (Å²) in [6.45, 7) is 1.85. The van der Waals surface area contributed by atoms with E-state index in [1.165, 1.54) is 11.1 Å². The molecule has 0 saturated carbocycles. The highest BCUT2D eigenvalue weighted by Gasteiger charge is 2.31. The molecule has 1 aromatic carbocycles. The summed E-state index contributed by atoms with van der Waals surface area (Å²) in [5.41, 5.74) is 8.36. The van der Waals surface area contributed by atoms with E-state index < -0.39 is 0 Å². The topological polar surface area (TPSA) is 64.9 Å². The first-order chi connectivity index (χ1) is 7.75. The lowest BCUT2D eigenvalue weighted by Gasteiger charge is -2.26. The van der Waals surface area contributed by atoms with Crippen LogP contribution in [-0.4, -0.2) is 10.1 Å². The van der Waals surface area contributed by atoms with Crippen molar-refractivity contribution in [3.05, 3.63) is 47.1 Å². The molecule has 2 unspecified atom stereocenters. The number of nitrogens with two attached hydrogens (primary N) is 1. The van der Waals surface area contributed by atoms with E-state index >= 15 is 0 Å². The Morgan fingerprint density at radius 3 is 2.94 bits per heavy atom. The average molecular weight is 215 g/mol. The number of nitrogens with zero attached hydrogens (tertiary/aromatic N) is 2. The summed E-state index contributed by atoms with van der Waals surface area (Å²) in [4.78, 5) is 4.33. The second-order valence-corrected chi connectivity index (χ2v) is 4.24. The van der Waals surface area contributed by atoms with Gasteiger partial charge in [-0.05, 0) is 24.5 Å². The molecule has 2 N–H and O–H groups in total. The normalized spacial score (nSPS) is 20.0. The number of hydrogen-bond acceptors (Lipinski definition) is 4. The van der Waals surface area contributed by atoms with Crippen molar-refractivity contribution in [1.82, 2.24) is 10.1 Å². The lowest BCUT2D eigenvalue weighted by atomic mass is 9.77. The van der Waals surface area contributed by atoms with Crippen molar-refractivity contribution < 1.29 is 4.52 Å². The highest BCUT2D eigenvalue weighted by Crippen LogP contribution is 2.39. The first-order valence-electron chi connectivity index (χ1n) is 5.42. The van der Waals surface area contributed by atoms with E-state index in [4.69, 9.17) is 10.3 Å². The number of hydrogen-bond donors (Lipinski definition) is 1. The molecule has 0 aliphatic heterocycles. The number of rotatable bonds is 2. The minimum absolute atomic E-state index is 0.173. The Hall–Kier alpha value is -1.68. The van der Waals surface area contributed by atoms with Crippen LogP contribution in [0.4, 0.5) is 0 Å². The highest BCUT2D eigenvalue weighted by molar-refractivity contribution is 5.43. The average Bonchev–Trinajstić information content (AvgIpc) is 2.69. The van der Waals surface area contributed by atoms with Crippen molar-refractivity contribution in [2.45, 2.75) is 25.3 Å². The summed E-state index contributed by atoms with van der Waals surface area (Å²) in [5, 5.41) is 3.88. The van der Waals surface area contributed by atoms with E-state index in [-0.39, 0.29) is 12.0 Å². The molecule has 16 heavy (non-hydrogen) atoms. The third-order valence-electron chi connectivity index (χ3n) is 3.02. The van der Waals surface area contributed by atoms with Crippen LogP contribution in [0, 0.1) is 0 Å². The van der Waals surface area contributed by atoms with Crippen LogP contribution in [0.15, 0.2) is 28.8 Å². The molecule has 82 valence electrons. The molecule has 4 heteroatoms. The van der Waals surface area contributed by atoms with Gasteiger partial charge in [-0.15, -0.1) is 0 Å². The van der Waals surface area contributed by atoms with Crippen molar-refractivity contribution >= 4 is 0 Å². The molecule has 1 aliphatic carbocycles. The first-order valence-corrected chi connectivity index (χ1v) is 5.42. The number of benzene rings is 1. The van der Waals surface area contributed by atoms with Crippen LogP contribution in [0.2, 0.25) is 0 Å². The van der Waals surface area contributed by atoms with Gasteiger partial charge in [-0.1, -0.05) is 29.4 Å². The van der Waals surface area contributed by atoms with E-state index in [9.17, 15) is 0 Å². The summed E-state index contributed by atoms with van der Waals surface area (Å²) in [5.74, 6) is 1.53. The zero-order valence-corrected chi connectivity index (χ0v) is 9.05. The maximum Gasteiger partial charge on any atom is 0.234 e. The number of aromatic nitrogens is 2. The van der Waals surface area contributed by atoms with Gasteiger partial charge >= 0.3 is 0 Å². The molecule has 2 aromatic rings. The maximum absolute atomic E-state index is 5.70. The van der Waals surface area contributed by atoms with E-state index in [0.717, 1.165) is 6.42 Å². The van der Waals surface area contributed by atoms with E-state index in [0.29, 0.717) is 11.7 Å². The fraction of sp³-hybridized carbons (Fsp3) is 0.333. The largest absolute Gasteiger partial charge is 0.339 e. The monoisotopic (exact) mass is 215 g/mol. The summed E-state index contributed by atoms with van der Waals surface area (Å²) in [6, 6.07) is 8.16. The van der Waals surface area contributed by atoms with Crippen LogP contribution in [0.1, 0.15) is 41.7 Å². The smallest absolute Gasteiger partial charge is 0.234 e. The predicted octanol–water partition coefficient (Wildman–Crippen LogP) is 1.78. The Bertz CT molecular complexity index is 518. The van der Waals surface area contributed by atoms with Crippen molar-refractivity contribution in [3.63, 3.8) is 0 Å². The fourth-order valence-electron chi connectivity index (χ4n) is 2.05. The van der Waals surface area contributed by atoms with Crippen molar-refractivity contribution in [1.29, 1.82) is 0 Å². The molecule has 0 spiro atoms. The molecule has 0 bridgehead atoms. The molecule has 0 fully saturated rings. The van der Waals surface area contributed by atoms with Crippen molar-refractivity contribution in [2.75, 3.05) is 0 Å². The van der Waals surface area contributed by atoms with Crippen LogP contribution in [0.5, 0.6) is 0 Å². The van der Waals surface area contributed by atoms with Gasteiger partial charge in [-0.2, -0.15) is 4.98 Å². The van der Waals surface area contributed by atoms with Gasteiger partial charge < -0.3 is 10.3 Å². The van der Waals surface area contributed by atoms with Crippen LogP contribution in [0.3, 0.4) is 0 Å². The first kappa shape index (κ1) is 9.54. The lowest BCUT2D eigenvalue weighted by molar-refractivity contribution is 0.350. The standard InChI is InChI=1S/C12H13N3O/c1-7(13)11-14-12(16-15-11)10-6-8-4-2-3-5-9(8)10/h2-5,7,10H,6,13H2,1H3. The van der Waals surface area contributed by atoms with Gasteiger partial charge in [0.2, 0.25) is 5.89 Å². The Kier molecular flexibility index (Phi) is 2.04. The summed E-state index contributed by atoms with van der Waals surface area (Å²) in [7, 11) is 0. The predicted molar refractivity (Wildman–Crippen MR) is 58.9 cm³/mol. The maximum atomic E-state index is 5.70. The summed E-state index contributed by atoms with van der Waals surface area (Å²) in [6.07, 6.45) is 0.983. The molecule has 0 amide bonds. The Morgan fingerprint density at radius 1 is 1.44 bits per heavy atom. The van der Waals surface area contributed by atoms with Gasteiger partial charge in [0.1, 0.15) is 0 Å². The van der Waals surface area contributed by atoms with E-state index in [1.807, 2.05) is 13.0 Å². The SMILES string of the molecule is CC(N)c1noc(C2Cc3ccccc32)n1. The van der Waals surface area contributed by atoms with Crippen molar-refractivity contribution in [2.24, 2.45) is 5.73 Å². The Balaban J connectivity index is 1.91. The lowest BCUT2D eigenvalue weighted by Crippen LogP contribution is -2.18. The van der Waals surface area contributed by atoms with Gasteiger partial charge in [0.25, 0.3) is 0 Å². The number of fused-ring (bicyclic) bond motifs is 1. The van der Waals surface area contributed by atoms with Gasteiger partial charge in [-0.25, -0.2) is 0 Å².